The molecule has 142 valence electrons. The summed E-state index contributed by atoms with van der Waals surface area (Å²) in [5, 5.41) is 4.75. The van der Waals surface area contributed by atoms with Gasteiger partial charge in [-0.05, 0) is 78.9 Å². The number of hydrogen-bond donors (Lipinski definition) is 2. The van der Waals surface area contributed by atoms with Gasteiger partial charge in [0.25, 0.3) is 0 Å². The fourth-order valence-electron chi connectivity index (χ4n) is 5.40. The van der Waals surface area contributed by atoms with Gasteiger partial charge in [0.1, 0.15) is 5.75 Å². The first-order chi connectivity index (χ1) is 12.9. The first-order valence-corrected chi connectivity index (χ1v) is 9.92. The number of carbonyl (C=O) groups excluding carboxylic acids is 1. The van der Waals surface area contributed by atoms with Crippen LogP contribution in [0.25, 0.3) is 6.08 Å². The minimum absolute atomic E-state index is 0.0957. The summed E-state index contributed by atoms with van der Waals surface area (Å²) in [6.07, 6.45) is 8.91. The zero-order valence-corrected chi connectivity index (χ0v) is 16.5. The van der Waals surface area contributed by atoms with Crippen LogP contribution in [0.4, 0.5) is 0 Å². The fraction of sp³-hybridized carbons (Fsp3) is 0.476. The molecule has 4 unspecified atom stereocenters. The highest BCUT2D eigenvalue weighted by atomic mass is 32.1. The molecule has 4 atom stereocenters. The van der Waals surface area contributed by atoms with E-state index in [0.29, 0.717) is 23.5 Å². The van der Waals surface area contributed by atoms with E-state index in [0.717, 1.165) is 25.7 Å². The Balaban J connectivity index is 1.61. The van der Waals surface area contributed by atoms with Gasteiger partial charge in [0.2, 0.25) is 0 Å². The van der Waals surface area contributed by atoms with Gasteiger partial charge in [0, 0.05) is 18.1 Å². The number of esters is 1. The van der Waals surface area contributed by atoms with Gasteiger partial charge >= 0.3 is 5.97 Å². The van der Waals surface area contributed by atoms with Crippen molar-refractivity contribution in [3.8, 4) is 5.75 Å². The van der Waals surface area contributed by atoms with E-state index in [2.05, 4.69) is 35.7 Å². The van der Waals surface area contributed by atoms with E-state index in [1.807, 2.05) is 12.1 Å². The lowest BCUT2D eigenvalue weighted by Crippen LogP contribution is -2.41. The number of benzene rings is 1. The number of nitrogens with zero attached hydrogens (tertiary/aromatic N) is 1. The maximum atomic E-state index is 11.2. The van der Waals surface area contributed by atoms with E-state index in [-0.39, 0.29) is 16.5 Å². The van der Waals surface area contributed by atoms with E-state index in [1.54, 1.807) is 0 Å². The second-order valence-corrected chi connectivity index (χ2v) is 8.50. The van der Waals surface area contributed by atoms with Crippen LogP contribution in [0.15, 0.2) is 29.4 Å². The van der Waals surface area contributed by atoms with E-state index < -0.39 is 0 Å². The standard InChI is InChI=1S/C21H25N3O2S/c1-12(25)26-14-4-6-15-13(11-14)3-5-17-16(15)9-10-21(2)18(17)7-8-19(21)23-24-20(22)27/h3-6,11,16-18H,7-10H2,1-2H3,(H3,22,24,27)/b23-19+. The lowest BCUT2D eigenvalue weighted by molar-refractivity contribution is -0.131. The summed E-state index contributed by atoms with van der Waals surface area (Å²) in [6, 6.07) is 6.03. The van der Waals surface area contributed by atoms with Gasteiger partial charge in [-0.1, -0.05) is 25.1 Å². The molecule has 5 nitrogen and oxygen atoms in total. The molecule has 27 heavy (non-hydrogen) atoms. The number of rotatable bonds is 2. The highest BCUT2D eigenvalue weighted by Crippen LogP contribution is 2.59. The Morgan fingerprint density at radius 2 is 2.22 bits per heavy atom. The number of ether oxygens (including phenoxy) is 1. The van der Waals surface area contributed by atoms with Crippen molar-refractivity contribution in [1.82, 2.24) is 5.43 Å². The van der Waals surface area contributed by atoms with Crippen molar-refractivity contribution in [2.75, 3.05) is 0 Å². The van der Waals surface area contributed by atoms with Crippen molar-refractivity contribution in [2.45, 2.75) is 45.4 Å². The second kappa shape index (κ2) is 6.75. The maximum Gasteiger partial charge on any atom is 0.308 e. The zero-order chi connectivity index (χ0) is 19.2. The second-order valence-electron chi connectivity index (χ2n) is 8.06. The Morgan fingerprint density at radius 1 is 1.41 bits per heavy atom. The molecule has 3 N–H and O–H groups in total. The van der Waals surface area contributed by atoms with E-state index >= 15 is 0 Å². The normalized spacial score (nSPS) is 32.4. The van der Waals surface area contributed by atoms with Gasteiger partial charge in [-0.25, -0.2) is 0 Å². The number of carbonyl (C=O) groups is 1. The molecule has 3 aliphatic carbocycles. The fourth-order valence-corrected chi connectivity index (χ4v) is 5.45. The summed E-state index contributed by atoms with van der Waals surface area (Å²) in [6.45, 7) is 3.77. The van der Waals surface area contributed by atoms with Crippen molar-refractivity contribution >= 4 is 35.1 Å². The van der Waals surface area contributed by atoms with Crippen LogP contribution < -0.4 is 15.9 Å². The third-order valence-corrected chi connectivity index (χ3v) is 6.68. The smallest absolute Gasteiger partial charge is 0.308 e. The number of thiocarbonyl (C=S) groups is 1. The molecule has 0 amide bonds. The third-order valence-electron chi connectivity index (χ3n) is 6.59. The average molecular weight is 384 g/mol. The topological polar surface area (TPSA) is 76.7 Å². The third kappa shape index (κ3) is 3.16. The van der Waals surface area contributed by atoms with Gasteiger partial charge in [-0.2, -0.15) is 5.10 Å². The van der Waals surface area contributed by atoms with Crippen molar-refractivity contribution in [3.05, 3.63) is 35.4 Å². The summed E-state index contributed by atoms with van der Waals surface area (Å²) >= 11 is 4.90. The Bertz CT molecular complexity index is 863. The van der Waals surface area contributed by atoms with Crippen molar-refractivity contribution in [2.24, 2.45) is 28.1 Å². The first-order valence-electron chi connectivity index (χ1n) is 9.51. The van der Waals surface area contributed by atoms with Crippen LogP contribution in [0.5, 0.6) is 5.75 Å². The summed E-state index contributed by atoms with van der Waals surface area (Å²) in [5.74, 6) is 1.92. The number of hydrazone groups is 1. The molecule has 6 heteroatoms. The number of nitrogens with one attached hydrogen (secondary N) is 1. The molecule has 0 saturated heterocycles. The van der Waals surface area contributed by atoms with E-state index in [9.17, 15) is 4.79 Å². The minimum atomic E-state index is -0.288. The van der Waals surface area contributed by atoms with Gasteiger partial charge < -0.3 is 10.5 Å². The zero-order valence-electron chi connectivity index (χ0n) is 15.7. The molecule has 0 spiro atoms. The summed E-state index contributed by atoms with van der Waals surface area (Å²) in [5.41, 5.74) is 12.2. The van der Waals surface area contributed by atoms with Crippen LogP contribution in [0.1, 0.15) is 56.6 Å². The Hall–Kier alpha value is -2.21. The van der Waals surface area contributed by atoms with E-state index in [4.69, 9.17) is 22.7 Å². The molecule has 0 aromatic heterocycles. The SMILES string of the molecule is CC(=O)Oc1ccc2c(c1)C=CC1C2CCC2(C)/C(=N/NC(N)=S)CCC12. The summed E-state index contributed by atoms with van der Waals surface area (Å²) in [7, 11) is 0. The first kappa shape index (κ1) is 18.2. The highest BCUT2D eigenvalue weighted by molar-refractivity contribution is 7.80. The average Bonchev–Trinajstić information content (AvgIpc) is 2.95. The Morgan fingerprint density at radius 3 is 2.96 bits per heavy atom. The van der Waals surface area contributed by atoms with Crippen molar-refractivity contribution in [3.63, 3.8) is 0 Å². The Kier molecular flexibility index (Phi) is 4.54. The predicted octanol–water partition coefficient (Wildman–Crippen LogP) is 3.74. The molecule has 1 aromatic carbocycles. The van der Waals surface area contributed by atoms with Crippen LogP contribution in [-0.4, -0.2) is 16.8 Å². The van der Waals surface area contributed by atoms with Crippen LogP contribution >= 0.6 is 12.2 Å². The van der Waals surface area contributed by atoms with Gasteiger partial charge in [-0.15, -0.1) is 0 Å². The molecule has 0 bridgehead atoms. The number of fused-ring (bicyclic) bond motifs is 5. The number of hydrogen-bond acceptors (Lipinski definition) is 4. The minimum Gasteiger partial charge on any atom is -0.427 e. The number of nitrogens with two attached hydrogens (primary N) is 1. The molecule has 2 fully saturated rings. The predicted molar refractivity (Wildman–Crippen MR) is 110 cm³/mol. The van der Waals surface area contributed by atoms with Gasteiger partial charge in [0.05, 0.1) is 0 Å². The van der Waals surface area contributed by atoms with Crippen molar-refractivity contribution in [1.29, 1.82) is 0 Å². The van der Waals surface area contributed by atoms with Crippen LogP contribution in [0, 0.1) is 17.3 Å². The molecule has 0 aliphatic heterocycles. The highest BCUT2D eigenvalue weighted by Gasteiger charge is 2.52. The maximum absolute atomic E-state index is 11.2. The molecule has 0 heterocycles. The lowest BCUT2D eigenvalue weighted by Gasteiger charge is -2.47. The largest absolute Gasteiger partial charge is 0.427 e. The number of allylic oxidation sites excluding steroid dienone is 1. The summed E-state index contributed by atoms with van der Waals surface area (Å²) < 4.78 is 5.25. The quantitative estimate of drug-likeness (QED) is 0.352. The Labute approximate surface area is 165 Å². The molecular formula is C21H25N3O2S. The van der Waals surface area contributed by atoms with E-state index in [1.165, 1.54) is 23.8 Å². The van der Waals surface area contributed by atoms with Gasteiger partial charge in [0.15, 0.2) is 5.11 Å². The van der Waals surface area contributed by atoms with Crippen LogP contribution in [-0.2, 0) is 4.79 Å². The molecule has 3 aliphatic rings. The lowest BCUT2D eigenvalue weighted by atomic mass is 9.57. The van der Waals surface area contributed by atoms with Gasteiger partial charge in [-0.3, -0.25) is 10.2 Å². The molecule has 1 aromatic rings. The molecule has 2 saturated carbocycles. The van der Waals surface area contributed by atoms with Crippen LogP contribution in [0.3, 0.4) is 0 Å². The summed E-state index contributed by atoms with van der Waals surface area (Å²) in [4.78, 5) is 11.2. The monoisotopic (exact) mass is 383 g/mol. The molecule has 4 rings (SSSR count). The molecular weight excluding hydrogens is 358 g/mol. The molecule has 0 radical (unpaired) electrons. The van der Waals surface area contributed by atoms with Crippen LogP contribution in [0.2, 0.25) is 0 Å². The van der Waals surface area contributed by atoms with Crippen molar-refractivity contribution < 1.29 is 9.53 Å².